The molecule has 1 unspecified atom stereocenters. The smallest absolute Gasteiger partial charge is 0.296 e. The van der Waals surface area contributed by atoms with Gasteiger partial charge in [-0.3, -0.25) is 9.69 Å². The molecule has 1 amide bonds. The van der Waals surface area contributed by atoms with Gasteiger partial charge in [-0.05, 0) is 29.8 Å². The highest BCUT2D eigenvalue weighted by Gasteiger charge is 2.38. The number of amides is 1. The van der Waals surface area contributed by atoms with Crippen molar-refractivity contribution < 1.29 is 19.0 Å². The summed E-state index contributed by atoms with van der Waals surface area (Å²) < 4.78 is 18.1. The lowest BCUT2D eigenvalue weighted by Gasteiger charge is -2.35. The van der Waals surface area contributed by atoms with Crippen molar-refractivity contribution >= 4 is 43.0 Å². The fourth-order valence-corrected chi connectivity index (χ4v) is 6.29. The first-order valence-electron chi connectivity index (χ1n) is 14.3. The zero-order chi connectivity index (χ0) is 28.3. The molecular weight excluding hydrogens is 546 g/mol. The number of benzene rings is 1. The number of halogens is 1. The summed E-state index contributed by atoms with van der Waals surface area (Å²) in [6.07, 6.45) is 3.24. The maximum Gasteiger partial charge on any atom is 0.296 e. The molecule has 0 saturated carbocycles. The van der Waals surface area contributed by atoms with Crippen LogP contribution in [0.3, 0.4) is 0 Å². The molecule has 218 valence electrons. The third kappa shape index (κ3) is 7.02. The first-order valence-corrected chi connectivity index (χ1v) is 18.4. The Morgan fingerprint density at radius 1 is 1.12 bits per heavy atom. The van der Waals surface area contributed by atoms with Crippen LogP contribution in [0.2, 0.25) is 25.7 Å². The molecule has 0 radical (unpaired) electrons. The zero-order valence-corrected chi connectivity index (χ0v) is 25.9. The molecule has 9 nitrogen and oxygen atoms in total. The lowest BCUT2D eigenvalue weighted by molar-refractivity contribution is -0.130. The zero-order valence-electron chi connectivity index (χ0n) is 24.1. The van der Waals surface area contributed by atoms with Gasteiger partial charge in [0.05, 0.1) is 29.6 Å². The van der Waals surface area contributed by atoms with Crippen molar-refractivity contribution in [3.05, 3.63) is 46.6 Å². The third-order valence-electron chi connectivity index (χ3n) is 7.78. The number of ether oxygens (including phenoxy) is 3. The number of anilines is 1. The monoisotopic (exact) mass is 587 g/mol. The van der Waals surface area contributed by atoms with E-state index >= 15 is 0 Å². The van der Waals surface area contributed by atoms with Crippen LogP contribution >= 0.6 is 11.6 Å². The first-order chi connectivity index (χ1) is 19.2. The number of hydrogen-bond acceptors (Lipinski definition) is 8. The van der Waals surface area contributed by atoms with Crippen molar-refractivity contribution in [3.8, 4) is 0 Å². The highest BCUT2D eigenvalue weighted by molar-refractivity contribution is 6.76. The van der Waals surface area contributed by atoms with E-state index in [1.807, 2.05) is 11.0 Å². The van der Waals surface area contributed by atoms with Gasteiger partial charge in [0.2, 0.25) is 5.91 Å². The van der Waals surface area contributed by atoms with E-state index < -0.39 is 8.07 Å². The molecule has 2 saturated heterocycles. The SMILES string of the molecule is CC(=O)N1CCC(OC2=NC3=CC(Cl)=C(c4ccc(N5CCOCC5)cc4)NC3N2COCC[Si](C)(C)C)CC1. The lowest BCUT2D eigenvalue weighted by Crippen LogP contribution is -2.49. The van der Waals surface area contributed by atoms with Crippen LogP contribution in [-0.4, -0.2) is 94.8 Å². The number of likely N-dealkylation sites (tertiary alicyclic amines) is 1. The second-order valence-electron chi connectivity index (χ2n) is 12.0. The summed E-state index contributed by atoms with van der Waals surface area (Å²) >= 11 is 6.80. The Morgan fingerprint density at radius 2 is 1.82 bits per heavy atom. The molecule has 0 aliphatic carbocycles. The molecule has 1 atom stereocenters. The number of amidine groups is 1. The molecule has 11 heteroatoms. The Hall–Kier alpha value is -2.53. The van der Waals surface area contributed by atoms with Gasteiger partial charge in [0, 0.05) is 66.3 Å². The fraction of sp³-hybridized carbons (Fsp3) is 0.586. The van der Waals surface area contributed by atoms with Gasteiger partial charge in [-0.25, -0.2) is 0 Å². The predicted octanol–water partition coefficient (Wildman–Crippen LogP) is 4.26. The van der Waals surface area contributed by atoms with E-state index in [9.17, 15) is 4.79 Å². The van der Waals surface area contributed by atoms with Gasteiger partial charge < -0.3 is 29.3 Å². The average Bonchev–Trinajstić information content (AvgIpc) is 3.26. The molecular formula is C29H42ClN5O4Si. The van der Waals surface area contributed by atoms with E-state index in [1.165, 1.54) is 5.69 Å². The van der Waals surface area contributed by atoms with Crippen molar-refractivity contribution in [3.63, 3.8) is 0 Å². The Kier molecular flexibility index (Phi) is 9.09. The van der Waals surface area contributed by atoms with E-state index in [0.717, 1.165) is 62.1 Å². The molecule has 4 aliphatic heterocycles. The predicted molar refractivity (Wildman–Crippen MR) is 162 cm³/mol. The number of morpholine rings is 1. The number of rotatable bonds is 8. The van der Waals surface area contributed by atoms with E-state index in [0.29, 0.717) is 37.5 Å². The minimum Gasteiger partial charge on any atom is -0.461 e. The molecule has 0 spiro atoms. The van der Waals surface area contributed by atoms with Gasteiger partial charge in [-0.1, -0.05) is 43.4 Å². The molecule has 0 aromatic heterocycles. The largest absolute Gasteiger partial charge is 0.461 e. The summed E-state index contributed by atoms with van der Waals surface area (Å²) in [4.78, 5) is 22.9. The molecule has 4 aliphatic rings. The van der Waals surface area contributed by atoms with Crippen LogP contribution in [0, 0.1) is 0 Å². The normalized spacial score (nSPS) is 22.1. The van der Waals surface area contributed by atoms with Gasteiger partial charge in [0.25, 0.3) is 6.02 Å². The molecule has 0 bridgehead atoms. The number of carbonyl (C=O) groups excluding carboxylic acids is 1. The Morgan fingerprint density at radius 3 is 2.48 bits per heavy atom. The number of hydrogen-bond donors (Lipinski definition) is 1. The van der Waals surface area contributed by atoms with Gasteiger partial charge in [-0.2, -0.15) is 4.99 Å². The highest BCUT2D eigenvalue weighted by Crippen LogP contribution is 2.34. The van der Waals surface area contributed by atoms with Crippen LogP contribution in [0.1, 0.15) is 25.3 Å². The van der Waals surface area contributed by atoms with Crippen molar-refractivity contribution in [1.82, 2.24) is 15.1 Å². The molecule has 1 aromatic carbocycles. The van der Waals surface area contributed by atoms with Crippen LogP contribution in [-0.2, 0) is 19.0 Å². The van der Waals surface area contributed by atoms with Crippen LogP contribution in [0.4, 0.5) is 5.69 Å². The summed E-state index contributed by atoms with van der Waals surface area (Å²) in [5.41, 5.74) is 3.87. The number of allylic oxidation sites excluding steroid dienone is 2. The topological polar surface area (TPSA) is 78.9 Å². The number of nitrogens with zero attached hydrogens (tertiary/aromatic N) is 4. The Labute approximate surface area is 243 Å². The molecule has 1 N–H and O–H groups in total. The molecule has 1 aromatic rings. The summed E-state index contributed by atoms with van der Waals surface area (Å²) in [5, 5.41) is 4.25. The minimum absolute atomic E-state index is 0.00443. The minimum atomic E-state index is -1.22. The average molecular weight is 588 g/mol. The summed E-state index contributed by atoms with van der Waals surface area (Å²) in [5.74, 6) is 0.112. The number of fused-ring (bicyclic) bond motifs is 1. The second kappa shape index (κ2) is 12.5. The number of carbonyl (C=O) groups is 1. The lowest BCUT2D eigenvalue weighted by atomic mass is 10.1. The molecule has 40 heavy (non-hydrogen) atoms. The standard InChI is InChI=1S/C29H42ClN5O4Si/c1-21(36)33-11-9-24(10-12-33)39-29-31-26-19-25(30)27(32-28(26)35(29)20-38-17-18-40(2,3)4)22-5-7-23(8-6-22)34-13-15-37-16-14-34/h5-8,19,24,28,32H,9-18,20H2,1-4H3. The van der Waals surface area contributed by atoms with Crippen LogP contribution < -0.4 is 10.2 Å². The number of piperidine rings is 1. The van der Waals surface area contributed by atoms with E-state index in [-0.39, 0.29) is 18.2 Å². The Balaban J connectivity index is 1.31. The second-order valence-corrected chi connectivity index (χ2v) is 18.0. The summed E-state index contributed by atoms with van der Waals surface area (Å²) in [6.45, 7) is 14.4. The van der Waals surface area contributed by atoms with Crippen molar-refractivity contribution in [2.45, 2.75) is 57.7 Å². The maximum atomic E-state index is 11.8. The number of aliphatic imine (C=N–C) groups is 1. The maximum absolute atomic E-state index is 11.8. The van der Waals surface area contributed by atoms with Gasteiger partial charge >= 0.3 is 0 Å². The number of nitrogens with one attached hydrogen (secondary N) is 1. The Bertz CT molecular complexity index is 1150. The van der Waals surface area contributed by atoms with Crippen molar-refractivity contribution in [2.24, 2.45) is 4.99 Å². The van der Waals surface area contributed by atoms with Gasteiger partial charge in [0.1, 0.15) is 19.0 Å². The fourth-order valence-electron chi connectivity index (χ4n) is 5.26. The van der Waals surface area contributed by atoms with E-state index in [4.69, 9.17) is 30.8 Å². The number of dihydropyridines is 1. The van der Waals surface area contributed by atoms with Crippen LogP contribution in [0.25, 0.3) is 5.70 Å². The van der Waals surface area contributed by atoms with E-state index in [2.05, 4.69) is 59.0 Å². The molecule has 5 rings (SSSR count). The van der Waals surface area contributed by atoms with Crippen LogP contribution in [0.5, 0.6) is 0 Å². The third-order valence-corrected chi connectivity index (χ3v) is 9.78. The van der Waals surface area contributed by atoms with E-state index in [1.54, 1.807) is 6.92 Å². The summed E-state index contributed by atoms with van der Waals surface area (Å²) in [6, 6.07) is 10.1. The van der Waals surface area contributed by atoms with Gasteiger partial charge in [0.15, 0.2) is 0 Å². The quantitative estimate of drug-likeness (QED) is 0.360. The van der Waals surface area contributed by atoms with Crippen molar-refractivity contribution in [1.29, 1.82) is 0 Å². The van der Waals surface area contributed by atoms with Gasteiger partial charge in [-0.15, -0.1) is 0 Å². The first kappa shape index (κ1) is 29.0. The molecule has 2 fully saturated rings. The summed E-state index contributed by atoms with van der Waals surface area (Å²) in [7, 11) is -1.22. The van der Waals surface area contributed by atoms with Crippen molar-refractivity contribution in [2.75, 3.05) is 57.6 Å². The highest BCUT2D eigenvalue weighted by atomic mass is 35.5. The molecule has 4 heterocycles. The van der Waals surface area contributed by atoms with Crippen LogP contribution in [0.15, 0.2) is 46.1 Å².